The molecule has 0 saturated heterocycles. The van der Waals surface area contributed by atoms with E-state index in [0.717, 1.165) is 0 Å². The number of halogens is 1. The second-order valence-corrected chi connectivity index (χ2v) is 7.63. The molecule has 1 aliphatic heterocycles. The number of benzene rings is 2. The number of nitrogens with zero attached hydrogens (tertiary/aromatic N) is 3. The number of H-pyrrole nitrogens is 1. The van der Waals surface area contributed by atoms with Gasteiger partial charge in [0.25, 0.3) is 15.6 Å². The fraction of sp³-hybridized carbons (Fsp3) is 0.0588. The molecule has 1 aliphatic rings. The molecule has 1 atom stereocenters. The van der Waals surface area contributed by atoms with Gasteiger partial charge in [-0.2, -0.15) is 18.1 Å². The largest absolute Gasteiger partial charge is 0.309 e. The maximum absolute atomic E-state index is 12.3. The smallest absolute Gasteiger partial charge is 0.283 e. The molecule has 0 aliphatic carbocycles. The molecule has 9 heteroatoms. The van der Waals surface area contributed by atoms with E-state index < -0.39 is 21.5 Å². The van der Waals surface area contributed by atoms with E-state index in [1.54, 1.807) is 24.3 Å². The Morgan fingerprint density at radius 1 is 1.19 bits per heavy atom. The molecule has 26 heavy (non-hydrogen) atoms. The Kier molecular flexibility index (Phi) is 3.64. The number of rotatable bonds is 2. The lowest BCUT2D eigenvalue weighted by molar-refractivity contribution is 0.599. The summed E-state index contributed by atoms with van der Waals surface area (Å²) in [4.78, 5) is 19.2. The molecule has 0 bridgehead atoms. The average Bonchev–Trinajstić information content (AvgIpc) is 2.87. The van der Waals surface area contributed by atoms with Crippen LogP contribution in [0.15, 0.2) is 56.6 Å². The zero-order chi connectivity index (χ0) is 18.5. The first-order chi connectivity index (χ1) is 12.4. The molecule has 0 saturated carbocycles. The maximum Gasteiger partial charge on any atom is 0.283 e. The fourth-order valence-electron chi connectivity index (χ4n) is 2.86. The highest BCUT2D eigenvalue weighted by Gasteiger charge is 2.34. The van der Waals surface area contributed by atoms with Crippen molar-refractivity contribution < 1.29 is 8.42 Å². The summed E-state index contributed by atoms with van der Waals surface area (Å²) < 4.78 is 28.2. The summed E-state index contributed by atoms with van der Waals surface area (Å²) in [6.07, 6.45) is 0. The van der Waals surface area contributed by atoms with Crippen LogP contribution in [-0.2, 0) is 10.0 Å². The third-order valence-electron chi connectivity index (χ3n) is 4.02. The monoisotopic (exact) mass is 384 g/mol. The van der Waals surface area contributed by atoms with Gasteiger partial charge in [-0.15, -0.1) is 0 Å². The van der Waals surface area contributed by atoms with Gasteiger partial charge in [0.15, 0.2) is 0 Å². The molecule has 1 aromatic heterocycles. The van der Waals surface area contributed by atoms with Crippen molar-refractivity contribution in [3.8, 4) is 6.07 Å². The van der Waals surface area contributed by atoms with Crippen LogP contribution in [0.5, 0.6) is 0 Å². The summed E-state index contributed by atoms with van der Waals surface area (Å²) >= 11 is 5.95. The molecule has 0 fully saturated rings. The van der Waals surface area contributed by atoms with Gasteiger partial charge < -0.3 is 4.98 Å². The molecule has 128 valence electrons. The fourth-order valence-corrected chi connectivity index (χ4v) is 4.29. The van der Waals surface area contributed by atoms with E-state index in [1.807, 2.05) is 6.07 Å². The Morgan fingerprint density at radius 2 is 1.96 bits per heavy atom. The Bertz CT molecular complexity index is 1310. The summed E-state index contributed by atoms with van der Waals surface area (Å²) in [6, 6.07) is 12.8. The SMILES string of the molecule is N#C[C@H](C1=NS(=O)(=O)c2ccccc21)c1nc2cc(Cl)ccc2c(=O)[nH]1. The van der Waals surface area contributed by atoms with E-state index in [1.165, 1.54) is 18.2 Å². The van der Waals surface area contributed by atoms with Gasteiger partial charge in [-0.25, -0.2) is 4.98 Å². The van der Waals surface area contributed by atoms with Gasteiger partial charge in [-0.1, -0.05) is 29.8 Å². The number of fused-ring (bicyclic) bond motifs is 2. The standard InChI is InChI=1S/C17H9ClN4O3S/c18-9-5-6-10-13(7-9)20-16(21-17(10)23)12(8-19)15-11-3-1-2-4-14(11)26(24,25)22-15/h1-7,12H,(H,20,21,23)/t12-/m1/s1. The van der Waals surface area contributed by atoms with Crippen LogP contribution in [0.25, 0.3) is 10.9 Å². The molecule has 3 aromatic rings. The van der Waals surface area contributed by atoms with Crippen molar-refractivity contribution in [2.45, 2.75) is 10.8 Å². The van der Waals surface area contributed by atoms with Crippen molar-refractivity contribution in [1.29, 1.82) is 5.26 Å². The van der Waals surface area contributed by atoms with E-state index >= 15 is 0 Å². The van der Waals surface area contributed by atoms with Gasteiger partial charge in [0.1, 0.15) is 11.7 Å². The summed E-state index contributed by atoms with van der Waals surface area (Å²) in [5, 5.41) is 10.3. The third kappa shape index (κ3) is 2.49. The Hall–Kier alpha value is -3.02. The summed E-state index contributed by atoms with van der Waals surface area (Å²) in [5.74, 6) is -1.14. The third-order valence-corrected chi connectivity index (χ3v) is 5.61. The van der Waals surface area contributed by atoms with Crippen molar-refractivity contribution in [3.05, 3.63) is 69.2 Å². The summed E-state index contributed by atoms with van der Waals surface area (Å²) in [7, 11) is -3.88. The Morgan fingerprint density at radius 3 is 2.73 bits per heavy atom. The molecule has 0 amide bonds. The highest BCUT2D eigenvalue weighted by atomic mass is 35.5. The second-order valence-electron chi connectivity index (χ2n) is 5.62. The van der Waals surface area contributed by atoms with Gasteiger partial charge in [-0.05, 0) is 24.3 Å². The molecule has 2 heterocycles. The Labute approximate surface area is 152 Å². The van der Waals surface area contributed by atoms with Crippen LogP contribution in [0.4, 0.5) is 0 Å². The van der Waals surface area contributed by atoms with E-state index in [0.29, 0.717) is 21.5 Å². The van der Waals surface area contributed by atoms with Crippen molar-refractivity contribution in [1.82, 2.24) is 9.97 Å². The van der Waals surface area contributed by atoms with E-state index in [2.05, 4.69) is 14.4 Å². The van der Waals surface area contributed by atoms with Crippen LogP contribution in [0.2, 0.25) is 5.02 Å². The van der Waals surface area contributed by atoms with Crippen LogP contribution < -0.4 is 5.56 Å². The normalized spacial score (nSPS) is 15.9. The predicted molar refractivity (Wildman–Crippen MR) is 95.9 cm³/mol. The molecule has 2 aromatic carbocycles. The van der Waals surface area contributed by atoms with Gasteiger partial charge in [0.05, 0.1) is 27.6 Å². The van der Waals surface area contributed by atoms with Gasteiger partial charge in [0.2, 0.25) is 0 Å². The molecule has 0 unspecified atom stereocenters. The first kappa shape index (κ1) is 16.4. The number of aromatic amines is 1. The number of nitriles is 1. The zero-order valence-electron chi connectivity index (χ0n) is 13.0. The number of hydrogen-bond acceptors (Lipinski definition) is 5. The first-order valence-corrected chi connectivity index (χ1v) is 9.26. The van der Waals surface area contributed by atoms with E-state index in [9.17, 15) is 18.5 Å². The molecular formula is C17H9ClN4O3S. The highest BCUT2D eigenvalue weighted by molar-refractivity contribution is 7.90. The van der Waals surface area contributed by atoms with Crippen LogP contribution in [0.1, 0.15) is 17.3 Å². The van der Waals surface area contributed by atoms with Crippen molar-refractivity contribution in [3.63, 3.8) is 0 Å². The van der Waals surface area contributed by atoms with Crippen molar-refractivity contribution in [2.24, 2.45) is 4.40 Å². The molecule has 0 radical (unpaired) electrons. The van der Waals surface area contributed by atoms with Gasteiger partial charge in [0, 0.05) is 10.6 Å². The zero-order valence-corrected chi connectivity index (χ0v) is 14.5. The van der Waals surface area contributed by atoms with Crippen LogP contribution in [-0.4, -0.2) is 24.1 Å². The lowest BCUT2D eigenvalue weighted by Crippen LogP contribution is -2.19. The molecule has 0 spiro atoms. The van der Waals surface area contributed by atoms with E-state index in [4.69, 9.17) is 11.6 Å². The second kappa shape index (κ2) is 5.76. The minimum Gasteiger partial charge on any atom is -0.309 e. The predicted octanol–water partition coefficient (Wildman–Crippen LogP) is 2.38. The number of aromatic nitrogens is 2. The number of sulfonamides is 1. The van der Waals surface area contributed by atoms with Crippen molar-refractivity contribution >= 4 is 38.2 Å². The lowest BCUT2D eigenvalue weighted by Gasteiger charge is -2.10. The average molecular weight is 385 g/mol. The molecular weight excluding hydrogens is 376 g/mol. The van der Waals surface area contributed by atoms with E-state index in [-0.39, 0.29) is 16.4 Å². The quantitative estimate of drug-likeness (QED) is 0.728. The summed E-state index contributed by atoms with van der Waals surface area (Å²) in [5.41, 5.74) is 0.225. The Balaban J connectivity index is 1.94. The number of nitrogens with one attached hydrogen (secondary N) is 1. The lowest BCUT2D eigenvalue weighted by atomic mass is 9.97. The van der Waals surface area contributed by atoms with Gasteiger partial charge in [-0.3, -0.25) is 4.79 Å². The minimum atomic E-state index is -3.88. The van der Waals surface area contributed by atoms with Crippen LogP contribution in [0, 0.1) is 11.3 Å². The van der Waals surface area contributed by atoms with Crippen molar-refractivity contribution in [2.75, 3.05) is 0 Å². The molecule has 1 N–H and O–H groups in total. The topological polar surface area (TPSA) is 116 Å². The molecule has 7 nitrogen and oxygen atoms in total. The molecule has 4 rings (SSSR count). The van der Waals surface area contributed by atoms with Gasteiger partial charge >= 0.3 is 0 Å². The van der Waals surface area contributed by atoms with Crippen LogP contribution >= 0.6 is 11.6 Å². The van der Waals surface area contributed by atoms with Crippen LogP contribution in [0.3, 0.4) is 0 Å². The first-order valence-electron chi connectivity index (χ1n) is 7.44. The number of hydrogen-bond donors (Lipinski definition) is 1. The maximum atomic E-state index is 12.3. The highest BCUT2D eigenvalue weighted by Crippen LogP contribution is 2.31. The summed E-state index contributed by atoms with van der Waals surface area (Å²) in [6.45, 7) is 0. The minimum absolute atomic E-state index is 0.0120.